The average Bonchev–Trinajstić information content (AvgIpc) is 2.70. The van der Waals surface area contributed by atoms with Crippen molar-refractivity contribution >= 4 is 15.7 Å². The fourth-order valence-corrected chi connectivity index (χ4v) is 3.32. The van der Waals surface area contributed by atoms with Crippen LogP contribution in [0.15, 0.2) is 23.1 Å². The summed E-state index contributed by atoms with van der Waals surface area (Å²) in [7, 11) is -3.88. The predicted octanol–water partition coefficient (Wildman–Crippen LogP) is 1.48. The summed E-state index contributed by atoms with van der Waals surface area (Å²) in [5.41, 5.74) is 5.38. The van der Waals surface area contributed by atoms with E-state index in [1.807, 2.05) is 13.8 Å². The van der Waals surface area contributed by atoms with Gasteiger partial charge in [-0.2, -0.15) is 0 Å². The summed E-state index contributed by atoms with van der Waals surface area (Å²) in [6, 6.07) is 3.69. The highest BCUT2D eigenvalue weighted by atomic mass is 32.2. The lowest BCUT2D eigenvalue weighted by Gasteiger charge is -2.10. The van der Waals surface area contributed by atoms with E-state index in [0.717, 1.165) is 12.5 Å². The summed E-state index contributed by atoms with van der Waals surface area (Å²) in [6.07, 6.45) is 0.751. The van der Waals surface area contributed by atoms with E-state index in [-0.39, 0.29) is 17.1 Å². The minimum absolute atomic E-state index is 0.0624. The highest BCUT2D eigenvalue weighted by Gasteiger charge is 2.48. The summed E-state index contributed by atoms with van der Waals surface area (Å²) >= 11 is 0. The topological polar surface area (TPSA) is 72.2 Å². The van der Waals surface area contributed by atoms with Crippen molar-refractivity contribution < 1.29 is 12.8 Å². The lowest BCUT2D eigenvalue weighted by molar-refractivity contribution is 0.541. The normalized spacial score (nSPS) is 22.4. The van der Waals surface area contributed by atoms with Gasteiger partial charge in [0.2, 0.25) is 10.0 Å². The average molecular weight is 258 g/mol. The van der Waals surface area contributed by atoms with Gasteiger partial charge in [-0.3, -0.25) is 0 Å². The highest BCUT2D eigenvalue weighted by Crippen LogP contribution is 2.45. The fraction of sp³-hybridized carbons (Fsp3) is 0.455. The first-order valence-electron chi connectivity index (χ1n) is 5.30. The van der Waals surface area contributed by atoms with Crippen LogP contribution in [0, 0.1) is 11.2 Å². The molecule has 0 aliphatic heterocycles. The standard InChI is InChI=1S/C11H15FN2O2S/c1-11(2)6-9(11)14-17(15,16)10-7(12)4-3-5-8(10)13/h3-5,9,14H,6,13H2,1-2H3. The van der Waals surface area contributed by atoms with E-state index >= 15 is 0 Å². The second-order valence-corrected chi connectivity index (χ2v) is 6.68. The van der Waals surface area contributed by atoms with E-state index in [4.69, 9.17) is 5.73 Å². The Hall–Kier alpha value is -1.14. The second kappa shape index (κ2) is 3.68. The molecular weight excluding hydrogens is 243 g/mol. The first kappa shape index (κ1) is 12.3. The Labute approximate surface area is 100 Å². The molecule has 1 aromatic carbocycles. The van der Waals surface area contributed by atoms with Crippen LogP contribution >= 0.6 is 0 Å². The van der Waals surface area contributed by atoms with Crippen molar-refractivity contribution in [1.82, 2.24) is 4.72 Å². The van der Waals surface area contributed by atoms with Crippen molar-refractivity contribution in [2.24, 2.45) is 5.41 Å². The summed E-state index contributed by atoms with van der Waals surface area (Å²) in [5, 5.41) is 0. The van der Waals surface area contributed by atoms with Crippen LogP contribution in [-0.4, -0.2) is 14.5 Å². The molecular formula is C11H15FN2O2S. The van der Waals surface area contributed by atoms with Gasteiger partial charge in [-0.05, 0) is 24.0 Å². The third kappa shape index (κ3) is 2.28. The van der Waals surface area contributed by atoms with Gasteiger partial charge in [0, 0.05) is 6.04 Å². The lowest BCUT2D eigenvalue weighted by atomic mass is 10.2. The number of anilines is 1. The molecule has 1 fully saturated rings. The molecule has 3 N–H and O–H groups in total. The van der Waals surface area contributed by atoms with Gasteiger partial charge in [-0.1, -0.05) is 19.9 Å². The molecule has 0 bridgehead atoms. The van der Waals surface area contributed by atoms with Crippen molar-refractivity contribution in [2.75, 3.05) is 5.73 Å². The molecule has 1 saturated carbocycles. The van der Waals surface area contributed by atoms with Crippen LogP contribution in [0.1, 0.15) is 20.3 Å². The number of nitrogens with one attached hydrogen (secondary N) is 1. The van der Waals surface area contributed by atoms with Crippen molar-refractivity contribution in [3.63, 3.8) is 0 Å². The highest BCUT2D eigenvalue weighted by molar-refractivity contribution is 7.89. The van der Waals surface area contributed by atoms with E-state index in [1.54, 1.807) is 0 Å². The third-order valence-corrected chi connectivity index (χ3v) is 4.64. The minimum atomic E-state index is -3.88. The maximum Gasteiger partial charge on any atom is 0.245 e. The van der Waals surface area contributed by atoms with Gasteiger partial charge >= 0.3 is 0 Å². The van der Waals surface area contributed by atoms with E-state index in [0.29, 0.717) is 0 Å². The molecule has 0 spiro atoms. The quantitative estimate of drug-likeness (QED) is 0.807. The molecule has 17 heavy (non-hydrogen) atoms. The van der Waals surface area contributed by atoms with Crippen LogP contribution in [0.3, 0.4) is 0 Å². The molecule has 4 nitrogen and oxygen atoms in total. The molecule has 0 saturated heterocycles. The first-order chi connectivity index (χ1) is 7.74. The fourth-order valence-electron chi connectivity index (χ4n) is 1.72. The number of benzene rings is 1. The Morgan fingerprint density at radius 3 is 2.53 bits per heavy atom. The Morgan fingerprint density at radius 2 is 2.06 bits per heavy atom. The van der Waals surface area contributed by atoms with Gasteiger partial charge in [0.25, 0.3) is 0 Å². The zero-order valence-corrected chi connectivity index (χ0v) is 10.5. The van der Waals surface area contributed by atoms with Crippen LogP contribution in [-0.2, 0) is 10.0 Å². The van der Waals surface area contributed by atoms with Crippen molar-refractivity contribution in [3.8, 4) is 0 Å². The molecule has 0 radical (unpaired) electrons. The van der Waals surface area contributed by atoms with E-state index in [1.165, 1.54) is 12.1 Å². The van der Waals surface area contributed by atoms with Gasteiger partial charge in [0.05, 0.1) is 5.69 Å². The Kier molecular flexibility index (Phi) is 2.67. The number of rotatable bonds is 3. The second-order valence-electron chi connectivity index (χ2n) is 5.02. The van der Waals surface area contributed by atoms with Crippen LogP contribution in [0.4, 0.5) is 10.1 Å². The number of sulfonamides is 1. The van der Waals surface area contributed by atoms with E-state index in [9.17, 15) is 12.8 Å². The number of hydrogen-bond acceptors (Lipinski definition) is 3. The first-order valence-corrected chi connectivity index (χ1v) is 6.79. The van der Waals surface area contributed by atoms with Crippen molar-refractivity contribution in [1.29, 1.82) is 0 Å². The lowest BCUT2D eigenvalue weighted by Crippen LogP contribution is -2.29. The van der Waals surface area contributed by atoms with E-state index < -0.39 is 20.7 Å². The minimum Gasteiger partial charge on any atom is -0.398 e. The van der Waals surface area contributed by atoms with Crippen molar-refractivity contribution in [2.45, 2.75) is 31.2 Å². The molecule has 0 aromatic heterocycles. The summed E-state index contributed by atoms with van der Waals surface area (Å²) < 4.78 is 39.9. The van der Waals surface area contributed by atoms with Crippen LogP contribution in [0.2, 0.25) is 0 Å². The molecule has 1 atom stereocenters. The molecule has 1 unspecified atom stereocenters. The smallest absolute Gasteiger partial charge is 0.245 e. The monoisotopic (exact) mass is 258 g/mol. The number of nitrogen functional groups attached to an aromatic ring is 1. The molecule has 1 aromatic rings. The summed E-state index contributed by atoms with van der Waals surface area (Å²) in [5.74, 6) is -0.823. The molecule has 0 amide bonds. The van der Waals surface area contributed by atoms with Crippen LogP contribution < -0.4 is 10.5 Å². The van der Waals surface area contributed by atoms with Crippen LogP contribution in [0.5, 0.6) is 0 Å². The van der Waals surface area contributed by atoms with Crippen molar-refractivity contribution in [3.05, 3.63) is 24.0 Å². The number of halogens is 1. The van der Waals surface area contributed by atoms with E-state index in [2.05, 4.69) is 4.72 Å². The zero-order chi connectivity index (χ0) is 12.8. The third-order valence-electron chi connectivity index (χ3n) is 3.08. The largest absolute Gasteiger partial charge is 0.398 e. The number of hydrogen-bond donors (Lipinski definition) is 2. The maximum atomic E-state index is 13.5. The SMILES string of the molecule is CC1(C)CC1NS(=O)(=O)c1c(N)cccc1F. The molecule has 1 aliphatic rings. The van der Waals surface area contributed by atoms with Gasteiger partial charge in [0.15, 0.2) is 0 Å². The van der Waals surface area contributed by atoms with Gasteiger partial charge < -0.3 is 5.73 Å². The molecule has 94 valence electrons. The Balaban J connectivity index is 2.33. The van der Waals surface area contributed by atoms with Gasteiger partial charge in [-0.25, -0.2) is 17.5 Å². The van der Waals surface area contributed by atoms with Gasteiger partial charge in [0.1, 0.15) is 10.7 Å². The summed E-state index contributed by atoms with van der Waals surface area (Å²) in [6.45, 7) is 3.90. The Morgan fingerprint density at radius 1 is 1.47 bits per heavy atom. The molecule has 2 rings (SSSR count). The predicted molar refractivity (Wildman–Crippen MR) is 63.3 cm³/mol. The maximum absolute atomic E-state index is 13.5. The summed E-state index contributed by atoms with van der Waals surface area (Å²) in [4.78, 5) is -0.456. The van der Waals surface area contributed by atoms with Gasteiger partial charge in [-0.15, -0.1) is 0 Å². The Bertz CT molecular complexity index is 534. The molecule has 6 heteroatoms. The molecule has 0 heterocycles. The van der Waals surface area contributed by atoms with Crippen LogP contribution in [0.25, 0.3) is 0 Å². The number of nitrogens with two attached hydrogens (primary N) is 1. The zero-order valence-electron chi connectivity index (χ0n) is 9.70. The molecule has 1 aliphatic carbocycles.